The van der Waals surface area contributed by atoms with Gasteiger partial charge in [0.1, 0.15) is 30.5 Å². The van der Waals surface area contributed by atoms with Crippen LogP contribution in [0.3, 0.4) is 0 Å². The first kappa shape index (κ1) is 30.6. The van der Waals surface area contributed by atoms with E-state index in [1.54, 1.807) is 29.2 Å². The average Bonchev–Trinajstić information content (AvgIpc) is 3.28. The van der Waals surface area contributed by atoms with Crippen LogP contribution in [-0.4, -0.2) is 53.8 Å². The quantitative estimate of drug-likeness (QED) is 0.115. The molecule has 1 unspecified atom stereocenters. The molecular formula is C37H38N2O5. The van der Waals surface area contributed by atoms with Crippen molar-refractivity contribution >= 4 is 17.4 Å². The highest BCUT2D eigenvalue weighted by Gasteiger charge is 2.45. The Hall–Kier alpha value is -4.88. The second-order valence-electron chi connectivity index (χ2n) is 11.3. The molecule has 0 bridgehead atoms. The summed E-state index contributed by atoms with van der Waals surface area (Å²) in [6.45, 7) is 4.01. The van der Waals surface area contributed by atoms with Crippen LogP contribution in [-0.2, 0) is 22.8 Å². The summed E-state index contributed by atoms with van der Waals surface area (Å²) in [6.07, 6.45) is 0.682. The molecular weight excluding hydrogens is 552 g/mol. The number of rotatable bonds is 12. The molecule has 0 spiro atoms. The molecule has 0 saturated carbocycles. The van der Waals surface area contributed by atoms with E-state index in [1.165, 1.54) is 0 Å². The Balaban J connectivity index is 1.39. The molecule has 4 aromatic rings. The van der Waals surface area contributed by atoms with Crippen LogP contribution in [0.25, 0.3) is 5.76 Å². The third kappa shape index (κ3) is 7.36. The van der Waals surface area contributed by atoms with Crippen LogP contribution in [0.15, 0.2) is 109 Å². The molecule has 5 rings (SSSR count). The summed E-state index contributed by atoms with van der Waals surface area (Å²) in [5.74, 6) is -0.212. The van der Waals surface area contributed by atoms with Gasteiger partial charge in [0.15, 0.2) is 0 Å². The van der Waals surface area contributed by atoms with E-state index >= 15 is 0 Å². The van der Waals surface area contributed by atoms with Gasteiger partial charge in [0.2, 0.25) is 0 Å². The van der Waals surface area contributed by atoms with E-state index in [0.29, 0.717) is 43.2 Å². The molecule has 1 aliphatic heterocycles. The predicted octanol–water partition coefficient (Wildman–Crippen LogP) is 6.53. The fraction of sp³-hybridized carbons (Fsp3) is 0.243. The summed E-state index contributed by atoms with van der Waals surface area (Å²) in [5.41, 5.74) is 4.51. The molecule has 1 heterocycles. The fourth-order valence-electron chi connectivity index (χ4n) is 5.33. The van der Waals surface area contributed by atoms with Crippen molar-refractivity contribution in [2.45, 2.75) is 32.6 Å². The van der Waals surface area contributed by atoms with Crippen molar-refractivity contribution in [2.75, 3.05) is 27.2 Å². The molecule has 4 aromatic carbocycles. The van der Waals surface area contributed by atoms with Crippen LogP contribution >= 0.6 is 0 Å². The summed E-state index contributed by atoms with van der Waals surface area (Å²) in [5, 5.41) is 11.5. The number of nitrogens with zero attached hydrogens (tertiary/aromatic N) is 2. The molecule has 226 valence electrons. The first-order valence-corrected chi connectivity index (χ1v) is 14.8. The van der Waals surface area contributed by atoms with Crippen LogP contribution in [0.5, 0.6) is 11.5 Å². The maximum Gasteiger partial charge on any atom is 0.295 e. The Morgan fingerprint density at radius 3 is 2.05 bits per heavy atom. The normalized spacial score (nSPS) is 16.0. The first-order chi connectivity index (χ1) is 21.3. The molecule has 0 aromatic heterocycles. The van der Waals surface area contributed by atoms with Crippen molar-refractivity contribution in [2.24, 2.45) is 0 Å². The lowest BCUT2D eigenvalue weighted by Gasteiger charge is -2.26. The van der Waals surface area contributed by atoms with Gasteiger partial charge in [0.05, 0.1) is 11.6 Å². The Kier molecular flexibility index (Phi) is 9.77. The SMILES string of the molecule is Cc1cccc(COc2ccc(C(O)=C3C(=O)C(=O)N(CCCN(C)C)C3c3ccc(OCc4ccccc4)cc3)cc2)c1. The highest BCUT2D eigenvalue weighted by atomic mass is 16.5. The molecule has 1 aliphatic rings. The van der Waals surface area contributed by atoms with E-state index in [0.717, 1.165) is 28.8 Å². The van der Waals surface area contributed by atoms with Gasteiger partial charge in [0, 0.05) is 12.1 Å². The van der Waals surface area contributed by atoms with Gasteiger partial charge in [-0.2, -0.15) is 0 Å². The number of carbonyl (C=O) groups excluding carboxylic acids is 2. The van der Waals surface area contributed by atoms with Gasteiger partial charge < -0.3 is 24.4 Å². The van der Waals surface area contributed by atoms with Crippen molar-refractivity contribution in [3.05, 3.63) is 137 Å². The Bertz CT molecular complexity index is 1610. The van der Waals surface area contributed by atoms with Crippen LogP contribution in [0, 0.1) is 6.92 Å². The van der Waals surface area contributed by atoms with Crippen LogP contribution < -0.4 is 9.47 Å². The van der Waals surface area contributed by atoms with Crippen LogP contribution in [0.1, 0.15) is 40.3 Å². The number of amides is 1. The summed E-state index contributed by atoms with van der Waals surface area (Å²) >= 11 is 0. The lowest BCUT2D eigenvalue weighted by atomic mass is 9.95. The van der Waals surface area contributed by atoms with Crippen LogP contribution in [0.4, 0.5) is 0 Å². The Morgan fingerprint density at radius 2 is 1.41 bits per heavy atom. The number of carbonyl (C=O) groups is 2. The largest absolute Gasteiger partial charge is 0.507 e. The highest BCUT2D eigenvalue weighted by Crippen LogP contribution is 2.40. The summed E-state index contributed by atoms with van der Waals surface area (Å²) < 4.78 is 11.9. The molecule has 1 saturated heterocycles. The van der Waals surface area contributed by atoms with E-state index in [-0.39, 0.29) is 11.3 Å². The van der Waals surface area contributed by atoms with Crippen molar-refractivity contribution in [1.82, 2.24) is 9.80 Å². The molecule has 7 nitrogen and oxygen atoms in total. The molecule has 7 heteroatoms. The van der Waals surface area contributed by atoms with Gasteiger partial charge in [-0.05, 0) is 87.1 Å². The minimum absolute atomic E-state index is 0.0752. The smallest absolute Gasteiger partial charge is 0.295 e. The number of ether oxygens (including phenoxy) is 2. The Labute approximate surface area is 259 Å². The summed E-state index contributed by atoms with van der Waals surface area (Å²) in [4.78, 5) is 30.3. The lowest BCUT2D eigenvalue weighted by molar-refractivity contribution is -0.139. The second kappa shape index (κ2) is 14.1. The number of aliphatic hydroxyl groups is 1. The fourth-order valence-corrected chi connectivity index (χ4v) is 5.33. The monoisotopic (exact) mass is 590 g/mol. The van der Waals surface area contributed by atoms with Gasteiger partial charge in [-0.1, -0.05) is 72.3 Å². The third-order valence-electron chi connectivity index (χ3n) is 7.60. The van der Waals surface area contributed by atoms with Gasteiger partial charge in [-0.3, -0.25) is 9.59 Å². The molecule has 0 aliphatic carbocycles. The first-order valence-electron chi connectivity index (χ1n) is 14.8. The number of benzene rings is 4. The van der Waals surface area contributed by atoms with E-state index in [1.807, 2.05) is 98.7 Å². The van der Waals surface area contributed by atoms with Crippen molar-refractivity contribution in [1.29, 1.82) is 0 Å². The van der Waals surface area contributed by atoms with Gasteiger partial charge in [-0.25, -0.2) is 0 Å². The molecule has 0 radical (unpaired) electrons. The van der Waals surface area contributed by atoms with E-state index in [2.05, 4.69) is 6.07 Å². The average molecular weight is 591 g/mol. The molecule has 44 heavy (non-hydrogen) atoms. The Morgan fingerprint density at radius 1 is 0.795 bits per heavy atom. The lowest BCUT2D eigenvalue weighted by Crippen LogP contribution is -2.32. The third-order valence-corrected chi connectivity index (χ3v) is 7.60. The van der Waals surface area contributed by atoms with Crippen molar-refractivity contribution in [3.8, 4) is 11.5 Å². The highest BCUT2D eigenvalue weighted by molar-refractivity contribution is 6.46. The maximum absolute atomic E-state index is 13.4. The minimum Gasteiger partial charge on any atom is -0.507 e. The molecule has 1 fully saturated rings. The van der Waals surface area contributed by atoms with Gasteiger partial charge in [0.25, 0.3) is 11.7 Å². The molecule has 1 atom stereocenters. The minimum atomic E-state index is -0.724. The molecule has 1 amide bonds. The van der Waals surface area contributed by atoms with E-state index < -0.39 is 17.7 Å². The second-order valence-corrected chi connectivity index (χ2v) is 11.3. The zero-order chi connectivity index (χ0) is 31.1. The van der Waals surface area contributed by atoms with Crippen LogP contribution in [0.2, 0.25) is 0 Å². The van der Waals surface area contributed by atoms with Gasteiger partial charge in [-0.15, -0.1) is 0 Å². The van der Waals surface area contributed by atoms with Crippen molar-refractivity contribution in [3.63, 3.8) is 0 Å². The number of likely N-dealkylation sites (tertiary alicyclic amines) is 1. The van der Waals surface area contributed by atoms with Gasteiger partial charge >= 0.3 is 0 Å². The van der Waals surface area contributed by atoms with Crippen molar-refractivity contribution < 1.29 is 24.2 Å². The number of hydrogen-bond acceptors (Lipinski definition) is 6. The van der Waals surface area contributed by atoms with E-state index in [9.17, 15) is 14.7 Å². The topological polar surface area (TPSA) is 79.3 Å². The zero-order valence-electron chi connectivity index (χ0n) is 25.4. The summed E-state index contributed by atoms with van der Waals surface area (Å²) in [7, 11) is 3.93. The number of Topliss-reactive ketones (excluding diaryl/α,β-unsaturated/α-hetero) is 1. The zero-order valence-corrected chi connectivity index (χ0v) is 25.4. The predicted molar refractivity (Wildman–Crippen MR) is 171 cm³/mol. The standard InChI is InChI=1S/C37H38N2O5/c1-26-9-7-12-28(23-26)25-44-32-19-15-30(16-20-32)35(40)33-34(39(37(42)36(33)41)22-8-21-38(2)3)29-13-17-31(18-14-29)43-24-27-10-5-4-6-11-27/h4-7,9-20,23,34,40H,8,21-22,24-25H2,1-3H3. The number of ketones is 1. The number of aliphatic hydroxyl groups excluding tert-OH is 1. The molecule has 1 N–H and O–H groups in total. The van der Waals surface area contributed by atoms with E-state index in [4.69, 9.17) is 9.47 Å². The maximum atomic E-state index is 13.4. The number of aryl methyl sites for hydroxylation is 1. The number of hydrogen-bond donors (Lipinski definition) is 1. The summed E-state index contributed by atoms with van der Waals surface area (Å²) in [6, 6.07) is 31.6.